The highest BCUT2D eigenvalue weighted by atomic mass is 19.1. The first-order valence-electron chi connectivity index (χ1n) is 7.07. The second kappa shape index (κ2) is 7.02. The second-order valence-electron chi connectivity index (χ2n) is 5.35. The third kappa shape index (κ3) is 3.91. The molecule has 1 aromatic rings. The van der Waals surface area contributed by atoms with Gasteiger partial charge in [-0.05, 0) is 19.9 Å². The Morgan fingerprint density at radius 2 is 2.30 bits per heavy atom. The van der Waals surface area contributed by atoms with E-state index in [1.165, 1.54) is 6.07 Å². The first-order chi connectivity index (χ1) is 9.60. The monoisotopic (exact) mass is 282 g/mol. The van der Waals surface area contributed by atoms with Crippen molar-refractivity contribution in [3.8, 4) is 5.75 Å². The van der Waals surface area contributed by atoms with Gasteiger partial charge in [-0.15, -0.1) is 0 Å². The van der Waals surface area contributed by atoms with Crippen molar-refractivity contribution in [1.82, 2.24) is 4.90 Å². The van der Waals surface area contributed by atoms with E-state index in [1.54, 1.807) is 12.1 Å². The van der Waals surface area contributed by atoms with Gasteiger partial charge in [-0.2, -0.15) is 0 Å². The minimum atomic E-state index is -0.321. The van der Waals surface area contributed by atoms with E-state index < -0.39 is 0 Å². The van der Waals surface area contributed by atoms with E-state index in [9.17, 15) is 4.39 Å². The molecule has 1 heterocycles. The molecule has 0 saturated carbocycles. The molecule has 1 aliphatic rings. The Morgan fingerprint density at radius 3 is 2.95 bits per heavy atom. The fourth-order valence-electron chi connectivity index (χ4n) is 2.28. The fourth-order valence-corrected chi connectivity index (χ4v) is 2.28. The molecule has 0 radical (unpaired) electrons. The number of hydrogen-bond donors (Lipinski definition) is 1. The highest BCUT2D eigenvalue weighted by Gasteiger charge is 2.22. The molecule has 0 amide bonds. The number of ether oxygens (including phenoxy) is 2. The molecule has 0 aliphatic carbocycles. The molecule has 0 aromatic heterocycles. The Bertz CT molecular complexity index is 440. The Hall–Kier alpha value is -1.17. The van der Waals surface area contributed by atoms with Gasteiger partial charge in [0, 0.05) is 37.3 Å². The number of hydrogen-bond acceptors (Lipinski definition) is 4. The summed E-state index contributed by atoms with van der Waals surface area (Å²) in [5, 5.41) is 0. The highest BCUT2D eigenvalue weighted by Crippen LogP contribution is 2.17. The highest BCUT2D eigenvalue weighted by molar-refractivity contribution is 5.28. The van der Waals surface area contributed by atoms with Crippen molar-refractivity contribution >= 4 is 0 Å². The zero-order chi connectivity index (χ0) is 14.5. The van der Waals surface area contributed by atoms with Crippen LogP contribution in [0.4, 0.5) is 4.39 Å². The largest absolute Gasteiger partial charge is 0.491 e. The summed E-state index contributed by atoms with van der Waals surface area (Å²) in [5.41, 5.74) is 5.93. The molecular formula is C15H23FN2O2. The van der Waals surface area contributed by atoms with Gasteiger partial charge in [-0.1, -0.05) is 6.07 Å². The summed E-state index contributed by atoms with van der Waals surface area (Å²) >= 11 is 0. The van der Waals surface area contributed by atoms with Crippen LogP contribution in [-0.4, -0.2) is 43.3 Å². The maximum Gasteiger partial charge on any atom is 0.131 e. The Morgan fingerprint density at radius 1 is 1.50 bits per heavy atom. The quantitative estimate of drug-likeness (QED) is 0.894. The number of benzene rings is 1. The van der Waals surface area contributed by atoms with Crippen molar-refractivity contribution in [2.45, 2.75) is 32.5 Å². The summed E-state index contributed by atoms with van der Waals surface area (Å²) in [6.07, 6.45) is 0.0309. The predicted octanol–water partition coefficient (Wildman–Crippen LogP) is 1.77. The average Bonchev–Trinajstić information content (AvgIpc) is 2.45. The molecule has 0 bridgehead atoms. The van der Waals surface area contributed by atoms with Crippen LogP contribution in [0.1, 0.15) is 19.4 Å². The van der Waals surface area contributed by atoms with Gasteiger partial charge in [0.1, 0.15) is 24.3 Å². The van der Waals surface area contributed by atoms with Crippen LogP contribution < -0.4 is 10.5 Å². The lowest BCUT2D eigenvalue weighted by Gasteiger charge is -2.35. The molecule has 1 aliphatic heterocycles. The Labute approximate surface area is 119 Å². The standard InChI is InChI=1S/C15H23FN2O2/c1-11(2)18-5-6-19-14(9-18)10-20-13-4-3-12(8-17)15(16)7-13/h3-4,7,11,14H,5-6,8-10,17H2,1-2H3. The second-order valence-corrected chi connectivity index (χ2v) is 5.35. The van der Waals surface area contributed by atoms with E-state index in [1.807, 2.05) is 0 Å². The van der Waals surface area contributed by atoms with Gasteiger partial charge in [0.25, 0.3) is 0 Å². The molecule has 112 valence electrons. The maximum atomic E-state index is 13.6. The minimum Gasteiger partial charge on any atom is -0.491 e. The lowest BCUT2D eigenvalue weighted by Crippen LogP contribution is -2.47. The topological polar surface area (TPSA) is 47.7 Å². The predicted molar refractivity (Wildman–Crippen MR) is 76.2 cm³/mol. The Balaban J connectivity index is 1.87. The lowest BCUT2D eigenvalue weighted by molar-refractivity contribution is -0.0564. The van der Waals surface area contributed by atoms with E-state index in [4.69, 9.17) is 15.2 Å². The molecule has 4 nitrogen and oxygen atoms in total. The third-order valence-corrected chi connectivity index (χ3v) is 3.58. The molecular weight excluding hydrogens is 259 g/mol. The van der Waals surface area contributed by atoms with Crippen LogP contribution in [0.2, 0.25) is 0 Å². The number of halogens is 1. The van der Waals surface area contributed by atoms with Crippen LogP contribution >= 0.6 is 0 Å². The van der Waals surface area contributed by atoms with Crippen LogP contribution in [0.15, 0.2) is 18.2 Å². The summed E-state index contributed by atoms with van der Waals surface area (Å²) in [6, 6.07) is 5.29. The molecule has 1 fully saturated rings. The summed E-state index contributed by atoms with van der Waals surface area (Å²) < 4.78 is 24.9. The smallest absolute Gasteiger partial charge is 0.131 e. The van der Waals surface area contributed by atoms with Gasteiger partial charge in [0.05, 0.1) is 6.61 Å². The number of nitrogens with two attached hydrogens (primary N) is 1. The maximum absolute atomic E-state index is 13.6. The van der Waals surface area contributed by atoms with E-state index in [0.29, 0.717) is 30.6 Å². The summed E-state index contributed by atoms with van der Waals surface area (Å²) in [6.45, 7) is 7.49. The van der Waals surface area contributed by atoms with Gasteiger partial charge in [-0.3, -0.25) is 4.90 Å². The zero-order valence-electron chi connectivity index (χ0n) is 12.1. The van der Waals surface area contributed by atoms with Crippen molar-refractivity contribution in [3.05, 3.63) is 29.6 Å². The minimum absolute atomic E-state index is 0.0309. The van der Waals surface area contributed by atoms with E-state index in [-0.39, 0.29) is 18.5 Å². The van der Waals surface area contributed by atoms with Gasteiger partial charge in [0.15, 0.2) is 0 Å². The first-order valence-corrected chi connectivity index (χ1v) is 7.07. The summed E-state index contributed by atoms with van der Waals surface area (Å²) in [7, 11) is 0. The zero-order valence-corrected chi connectivity index (χ0v) is 12.1. The normalized spacial score (nSPS) is 20.4. The third-order valence-electron chi connectivity index (χ3n) is 3.58. The lowest BCUT2D eigenvalue weighted by atomic mass is 10.2. The molecule has 20 heavy (non-hydrogen) atoms. The summed E-state index contributed by atoms with van der Waals surface area (Å²) in [4.78, 5) is 2.36. The van der Waals surface area contributed by atoms with Crippen molar-refractivity contribution < 1.29 is 13.9 Å². The summed E-state index contributed by atoms with van der Waals surface area (Å²) in [5.74, 6) is 0.198. The Kier molecular flexibility index (Phi) is 5.34. The molecule has 1 saturated heterocycles. The number of morpholine rings is 1. The van der Waals surface area contributed by atoms with Crippen LogP contribution in [0.25, 0.3) is 0 Å². The van der Waals surface area contributed by atoms with Crippen LogP contribution in [0.3, 0.4) is 0 Å². The first kappa shape index (κ1) is 15.2. The van der Waals surface area contributed by atoms with E-state index in [2.05, 4.69) is 18.7 Å². The van der Waals surface area contributed by atoms with Crippen molar-refractivity contribution in [2.24, 2.45) is 5.73 Å². The molecule has 0 spiro atoms. The van der Waals surface area contributed by atoms with Gasteiger partial charge in [0.2, 0.25) is 0 Å². The van der Waals surface area contributed by atoms with Crippen molar-refractivity contribution in [1.29, 1.82) is 0 Å². The molecule has 1 unspecified atom stereocenters. The van der Waals surface area contributed by atoms with Crippen LogP contribution in [0, 0.1) is 5.82 Å². The molecule has 1 atom stereocenters. The molecule has 2 N–H and O–H groups in total. The molecule has 5 heteroatoms. The van der Waals surface area contributed by atoms with Crippen molar-refractivity contribution in [2.75, 3.05) is 26.3 Å². The average molecular weight is 282 g/mol. The number of nitrogens with zero attached hydrogens (tertiary/aromatic N) is 1. The SMILES string of the molecule is CC(C)N1CCOC(COc2ccc(CN)c(F)c2)C1. The van der Waals surface area contributed by atoms with E-state index >= 15 is 0 Å². The van der Waals surface area contributed by atoms with Crippen molar-refractivity contribution in [3.63, 3.8) is 0 Å². The fraction of sp³-hybridized carbons (Fsp3) is 0.600. The molecule has 1 aromatic carbocycles. The molecule has 2 rings (SSSR count). The van der Waals surface area contributed by atoms with Gasteiger partial charge in [-0.25, -0.2) is 4.39 Å². The van der Waals surface area contributed by atoms with Gasteiger partial charge >= 0.3 is 0 Å². The van der Waals surface area contributed by atoms with Crippen LogP contribution in [-0.2, 0) is 11.3 Å². The number of rotatable bonds is 5. The van der Waals surface area contributed by atoms with E-state index in [0.717, 1.165) is 13.1 Å². The van der Waals surface area contributed by atoms with Gasteiger partial charge < -0.3 is 15.2 Å². The van der Waals surface area contributed by atoms with Crippen LogP contribution in [0.5, 0.6) is 5.75 Å².